The highest BCUT2D eigenvalue weighted by Crippen LogP contribution is 2.31. The van der Waals surface area contributed by atoms with Crippen LogP contribution in [0.4, 0.5) is 13.2 Å². The van der Waals surface area contributed by atoms with E-state index < -0.39 is 20.0 Å². The fourth-order valence-corrected chi connectivity index (χ4v) is 2.22. The minimum Gasteiger partial charge on any atom is -0.487 e. The Morgan fingerprint density at radius 1 is 0.955 bits per heavy atom. The third-order valence-corrected chi connectivity index (χ3v) is 3.37. The molecule has 5 heteroatoms. The summed E-state index contributed by atoms with van der Waals surface area (Å²) in [5, 5.41) is 9.20. The zero-order chi connectivity index (χ0) is 15.9. The van der Waals surface area contributed by atoms with Crippen molar-refractivity contribution in [2.75, 3.05) is 0 Å². The molecule has 0 aliphatic heterocycles. The van der Waals surface area contributed by atoms with E-state index in [1.54, 1.807) is 0 Å². The molecule has 2 rings (SSSR count). The number of halogens is 3. The third kappa shape index (κ3) is 3.22. The minimum atomic E-state index is -1.04. The van der Waals surface area contributed by atoms with Crippen molar-refractivity contribution in [1.82, 2.24) is 0 Å². The number of hydrogen-bond acceptors (Lipinski definition) is 2. The highest BCUT2D eigenvalue weighted by atomic mass is 19.1. The van der Waals surface area contributed by atoms with Gasteiger partial charge in [0, 0.05) is 5.56 Å². The fraction of sp³-hybridized carbons (Fsp3) is 0.235. The zero-order valence-corrected chi connectivity index (χ0v) is 11.8. The highest BCUT2D eigenvalue weighted by Gasteiger charge is 2.19. The molecule has 0 radical (unpaired) electrons. The van der Waals surface area contributed by atoms with Crippen LogP contribution >= 0.6 is 0 Å². The molecule has 2 nitrogen and oxygen atoms in total. The molecule has 0 spiro atoms. The molecule has 0 unspecified atom stereocenters. The van der Waals surface area contributed by atoms with Gasteiger partial charge in [0.25, 0.3) is 0 Å². The van der Waals surface area contributed by atoms with E-state index in [2.05, 4.69) is 0 Å². The molecule has 2 aromatic rings. The van der Waals surface area contributed by atoms with Crippen molar-refractivity contribution in [3.05, 3.63) is 64.2 Å². The lowest BCUT2D eigenvalue weighted by Crippen LogP contribution is -2.05. The summed E-state index contributed by atoms with van der Waals surface area (Å²) in [6.45, 7) is -2.86. The Hall–Kier alpha value is -2.48. The average Bonchev–Trinajstić information content (AvgIpc) is 2.58. The van der Waals surface area contributed by atoms with Gasteiger partial charge in [0.15, 0.2) is 0 Å². The smallest absolute Gasteiger partial charge is 0.138 e. The number of alkyl halides is 3. The van der Waals surface area contributed by atoms with E-state index in [9.17, 15) is 18.4 Å². The first-order chi connectivity index (χ1) is 10.7. The van der Waals surface area contributed by atoms with Crippen LogP contribution < -0.4 is 4.74 Å². The van der Waals surface area contributed by atoms with Gasteiger partial charge in [-0.1, -0.05) is 30.3 Å². The molecule has 2 aromatic carbocycles. The van der Waals surface area contributed by atoms with Crippen molar-refractivity contribution in [1.29, 1.82) is 5.26 Å². The van der Waals surface area contributed by atoms with Gasteiger partial charge in [-0.15, -0.1) is 0 Å². The Morgan fingerprint density at radius 2 is 1.64 bits per heavy atom. The normalized spacial score (nSPS) is 10.3. The van der Waals surface area contributed by atoms with Gasteiger partial charge < -0.3 is 4.74 Å². The second-order valence-corrected chi connectivity index (χ2v) is 4.65. The molecular weight excluding hydrogens is 291 g/mol. The molecule has 0 fully saturated rings. The quantitative estimate of drug-likeness (QED) is 0.784. The van der Waals surface area contributed by atoms with Gasteiger partial charge in [-0.3, -0.25) is 0 Å². The fourth-order valence-electron chi connectivity index (χ4n) is 2.22. The molecule has 0 aliphatic carbocycles. The Bertz CT molecular complexity index is 681. The molecule has 0 heterocycles. The molecular formula is C17H14F3NO. The molecule has 114 valence electrons. The molecule has 0 aliphatic rings. The molecule has 22 heavy (non-hydrogen) atoms. The van der Waals surface area contributed by atoms with Crippen molar-refractivity contribution < 1.29 is 17.9 Å². The highest BCUT2D eigenvalue weighted by molar-refractivity contribution is 5.55. The van der Waals surface area contributed by atoms with Crippen LogP contribution in [-0.4, -0.2) is 0 Å². The zero-order valence-electron chi connectivity index (χ0n) is 11.8. The van der Waals surface area contributed by atoms with Crippen LogP contribution in [0.15, 0.2) is 36.4 Å². The molecule has 0 saturated carbocycles. The lowest BCUT2D eigenvalue weighted by Gasteiger charge is -2.15. The van der Waals surface area contributed by atoms with Crippen LogP contribution in [0, 0.1) is 11.3 Å². The lowest BCUT2D eigenvalue weighted by atomic mass is 9.97. The summed E-state index contributed by atoms with van der Waals surface area (Å²) < 4.78 is 44.8. The van der Waals surface area contributed by atoms with Crippen molar-refractivity contribution >= 4 is 0 Å². The number of rotatable bonds is 6. The van der Waals surface area contributed by atoms with Gasteiger partial charge in [0.05, 0.1) is 0 Å². The van der Waals surface area contributed by atoms with Crippen molar-refractivity contribution in [3.63, 3.8) is 0 Å². The van der Waals surface area contributed by atoms with E-state index >= 15 is 0 Å². The Morgan fingerprint density at radius 3 is 2.18 bits per heavy atom. The number of hydrogen-bond donors (Lipinski definition) is 0. The largest absolute Gasteiger partial charge is 0.487 e. The first-order valence-electron chi connectivity index (χ1n) is 6.67. The van der Waals surface area contributed by atoms with E-state index in [4.69, 9.17) is 4.74 Å². The Balaban J connectivity index is 2.40. The van der Waals surface area contributed by atoms with E-state index in [1.165, 1.54) is 6.07 Å². The second kappa shape index (κ2) is 7.51. The summed E-state index contributed by atoms with van der Waals surface area (Å²) in [7, 11) is 0. The minimum absolute atomic E-state index is 0.0113. The average molecular weight is 305 g/mol. The van der Waals surface area contributed by atoms with Crippen molar-refractivity contribution in [2.45, 2.75) is 26.6 Å². The van der Waals surface area contributed by atoms with Gasteiger partial charge in [-0.25, -0.2) is 13.2 Å². The summed E-state index contributed by atoms with van der Waals surface area (Å²) in [5.41, 5.74) is 0.543. The van der Waals surface area contributed by atoms with Gasteiger partial charge in [0.2, 0.25) is 0 Å². The van der Waals surface area contributed by atoms with Gasteiger partial charge in [-0.2, -0.15) is 5.26 Å². The van der Waals surface area contributed by atoms with Crippen LogP contribution in [0.3, 0.4) is 0 Å². The summed E-state index contributed by atoms with van der Waals surface area (Å²) in [6, 6.07) is 12.3. The SMILES string of the molecule is N#Cc1c(OCc2ccccc2)cc(CF)c(CF)c1CF. The van der Waals surface area contributed by atoms with Crippen LogP contribution in [0.2, 0.25) is 0 Å². The van der Waals surface area contributed by atoms with Gasteiger partial charge in [0.1, 0.15) is 44.0 Å². The van der Waals surface area contributed by atoms with Crippen LogP contribution in [0.1, 0.15) is 27.8 Å². The Labute approximate surface area is 126 Å². The summed E-state index contributed by atoms with van der Waals surface area (Å²) in [5.74, 6) is 0.0730. The topological polar surface area (TPSA) is 33.0 Å². The Kier molecular flexibility index (Phi) is 5.42. The first kappa shape index (κ1) is 15.9. The molecule has 0 bridgehead atoms. The standard InChI is InChI=1S/C17H14F3NO/c18-7-13-6-17(22-11-12-4-2-1-3-5-12)16(10-21)15(9-20)14(13)8-19/h1-6H,7-9,11H2. The summed E-state index contributed by atoms with van der Waals surface area (Å²) >= 11 is 0. The predicted octanol–water partition coefficient (Wildman–Crippen LogP) is 4.55. The van der Waals surface area contributed by atoms with Crippen molar-refractivity contribution in [3.8, 4) is 11.8 Å². The number of ether oxygens (including phenoxy) is 1. The maximum Gasteiger partial charge on any atom is 0.138 e. The first-order valence-corrected chi connectivity index (χ1v) is 6.67. The maximum atomic E-state index is 13.2. The second-order valence-electron chi connectivity index (χ2n) is 4.65. The summed E-state index contributed by atoms with van der Waals surface area (Å²) in [4.78, 5) is 0. The lowest BCUT2D eigenvalue weighted by molar-refractivity contribution is 0.303. The van der Waals surface area contributed by atoms with E-state index in [1.807, 2.05) is 36.4 Å². The summed E-state index contributed by atoms with van der Waals surface area (Å²) in [6.07, 6.45) is 0. The van der Waals surface area contributed by atoms with Gasteiger partial charge >= 0.3 is 0 Å². The number of nitrogens with zero attached hydrogens (tertiary/aromatic N) is 1. The number of benzene rings is 2. The molecule has 0 saturated heterocycles. The third-order valence-electron chi connectivity index (χ3n) is 3.37. The van der Waals surface area contributed by atoms with E-state index in [-0.39, 0.29) is 34.6 Å². The van der Waals surface area contributed by atoms with Crippen LogP contribution in [-0.2, 0) is 26.6 Å². The van der Waals surface area contributed by atoms with Crippen LogP contribution in [0.25, 0.3) is 0 Å². The molecule has 0 amide bonds. The molecule has 0 N–H and O–H groups in total. The van der Waals surface area contributed by atoms with E-state index in [0.717, 1.165) is 5.56 Å². The monoisotopic (exact) mass is 305 g/mol. The van der Waals surface area contributed by atoms with Crippen LogP contribution in [0.5, 0.6) is 5.75 Å². The molecule has 0 aromatic heterocycles. The van der Waals surface area contributed by atoms with Crippen molar-refractivity contribution in [2.24, 2.45) is 0 Å². The molecule has 0 atom stereocenters. The maximum absolute atomic E-state index is 13.2. The predicted molar refractivity (Wildman–Crippen MR) is 76.4 cm³/mol. The number of nitriles is 1. The van der Waals surface area contributed by atoms with E-state index in [0.29, 0.717) is 0 Å². The van der Waals surface area contributed by atoms with Gasteiger partial charge in [-0.05, 0) is 22.8 Å².